The summed E-state index contributed by atoms with van der Waals surface area (Å²) in [6.45, 7) is 0. The zero-order valence-electron chi connectivity index (χ0n) is 43.8. The quantitative estimate of drug-likeness (QED) is 0.105. The van der Waals surface area contributed by atoms with Crippen LogP contribution in [-0.4, -0.2) is 48.9 Å². The molecule has 82 heavy (non-hydrogen) atoms. The Balaban J connectivity index is 0.000000147. The van der Waals surface area contributed by atoms with Gasteiger partial charge in [-0.3, -0.25) is 10.1 Å². The summed E-state index contributed by atoms with van der Waals surface area (Å²) in [5.74, 6) is 3.72. The zero-order valence-corrected chi connectivity index (χ0v) is 43.8. The fraction of sp³-hybridized carbons (Fsp3) is 0. The highest BCUT2D eigenvalue weighted by Crippen LogP contribution is 2.36. The smallest absolute Gasteiger partial charge is 0.277 e. The second-order valence-electron chi connectivity index (χ2n) is 19.7. The van der Waals surface area contributed by atoms with Gasteiger partial charge in [-0.1, -0.05) is 200 Å². The Labute approximate surface area is 470 Å². The summed E-state index contributed by atoms with van der Waals surface area (Å²) in [5.41, 5.74) is 13.3. The van der Waals surface area contributed by atoms with E-state index in [0.717, 1.165) is 77.8 Å². The number of benzene rings is 10. The van der Waals surface area contributed by atoms with Crippen molar-refractivity contribution in [2.24, 2.45) is 0 Å². The van der Waals surface area contributed by atoms with Gasteiger partial charge in [-0.2, -0.15) is 0 Å². The van der Waals surface area contributed by atoms with Gasteiger partial charge in [0, 0.05) is 84.9 Å². The molecule has 5 aromatic heterocycles. The van der Waals surface area contributed by atoms with Crippen molar-refractivity contribution in [2.45, 2.75) is 0 Å². The Morgan fingerprint density at radius 3 is 1.34 bits per heavy atom. The second-order valence-corrected chi connectivity index (χ2v) is 19.7. The van der Waals surface area contributed by atoms with E-state index in [9.17, 15) is 10.1 Å². The maximum absolute atomic E-state index is 11.7. The first-order valence-corrected chi connectivity index (χ1v) is 26.8. The van der Waals surface area contributed by atoms with Crippen LogP contribution in [-0.2, 0) is 0 Å². The summed E-state index contributed by atoms with van der Waals surface area (Å²) in [6.07, 6.45) is 4.14. The largest absolute Gasteiger partial charge is 0.353 e. The van der Waals surface area contributed by atoms with Gasteiger partial charge in [0.25, 0.3) is 5.69 Å². The lowest BCUT2D eigenvalue weighted by Crippen LogP contribution is -2.01. The van der Waals surface area contributed by atoms with Crippen LogP contribution in [0.1, 0.15) is 0 Å². The maximum Gasteiger partial charge on any atom is 0.277 e. The second kappa shape index (κ2) is 21.0. The fourth-order valence-electron chi connectivity index (χ4n) is 10.6. The standard InChI is InChI=1S/C35H23N5O2.C35H23N5/c41-40(42)31-17-8-7-16-30(31)27-19-18-24-20-21-39(32(24)23-27)29-15-9-14-28(22-29)35-37-33(25-10-3-1-4-11-25)36-34(38-35)26-12-5-2-6-13-26;1-3-10-24(11-4-1)33-37-34(25-12-5-2-6-13-25)39-35(38-33)26-14-9-15-27(22-26)40-21-20-23-18-19-29-28-16-7-8-17-30(28)36-31(29)32(23)40/h1-23H;1-22,36H. The Morgan fingerprint density at radius 2 is 0.793 bits per heavy atom. The topological polar surface area (TPSA) is 146 Å². The van der Waals surface area contributed by atoms with Crippen LogP contribution in [0.15, 0.2) is 273 Å². The molecule has 5 heterocycles. The molecule has 0 amide bonds. The van der Waals surface area contributed by atoms with Crippen molar-refractivity contribution in [3.8, 4) is 90.8 Å². The third kappa shape index (κ3) is 9.37. The maximum atomic E-state index is 11.7. The summed E-state index contributed by atoms with van der Waals surface area (Å²) in [6, 6.07) is 86.1. The zero-order chi connectivity index (χ0) is 54.9. The molecule has 388 valence electrons. The molecule has 12 nitrogen and oxygen atoms in total. The number of nitro groups is 1. The molecule has 0 saturated carbocycles. The minimum absolute atomic E-state index is 0.0789. The summed E-state index contributed by atoms with van der Waals surface area (Å²) in [5, 5.41) is 16.3. The molecular weight excluding hydrogens is 1010 g/mol. The lowest BCUT2D eigenvalue weighted by atomic mass is 10.0. The first kappa shape index (κ1) is 48.8. The van der Waals surface area contributed by atoms with E-state index in [1.807, 2.05) is 176 Å². The minimum Gasteiger partial charge on any atom is -0.353 e. The summed E-state index contributed by atoms with van der Waals surface area (Å²) < 4.78 is 4.32. The van der Waals surface area contributed by atoms with E-state index < -0.39 is 0 Å². The van der Waals surface area contributed by atoms with Crippen molar-refractivity contribution in [1.29, 1.82) is 0 Å². The highest BCUT2D eigenvalue weighted by atomic mass is 16.6. The third-order valence-electron chi connectivity index (χ3n) is 14.6. The molecule has 0 bridgehead atoms. The van der Waals surface area contributed by atoms with Gasteiger partial charge >= 0.3 is 0 Å². The molecule has 15 rings (SSSR count). The number of aromatic nitrogens is 9. The van der Waals surface area contributed by atoms with Gasteiger partial charge in [0.05, 0.1) is 27.0 Å². The van der Waals surface area contributed by atoms with Crippen LogP contribution >= 0.6 is 0 Å². The molecule has 1 N–H and O–H groups in total. The Bertz CT molecular complexity index is 4730. The predicted octanol–water partition coefficient (Wildman–Crippen LogP) is 16.8. The van der Waals surface area contributed by atoms with E-state index in [4.69, 9.17) is 29.9 Å². The van der Waals surface area contributed by atoms with Crippen molar-refractivity contribution in [2.75, 3.05) is 0 Å². The van der Waals surface area contributed by atoms with Crippen molar-refractivity contribution < 1.29 is 4.92 Å². The van der Waals surface area contributed by atoms with Crippen LogP contribution in [0.25, 0.3) is 134 Å². The molecule has 0 aliphatic rings. The number of nitrogens with zero attached hydrogens (tertiary/aromatic N) is 9. The van der Waals surface area contributed by atoms with Crippen molar-refractivity contribution in [3.05, 3.63) is 283 Å². The van der Waals surface area contributed by atoms with Crippen LogP contribution in [0.4, 0.5) is 5.69 Å². The van der Waals surface area contributed by atoms with Crippen LogP contribution < -0.4 is 0 Å². The number of rotatable bonds is 10. The van der Waals surface area contributed by atoms with Crippen LogP contribution in [0, 0.1) is 10.1 Å². The molecule has 12 heteroatoms. The molecule has 15 aromatic rings. The lowest BCUT2D eigenvalue weighted by Gasteiger charge is -2.11. The Hall–Kier alpha value is -11.5. The van der Waals surface area contributed by atoms with Crippen LogP contribution in [0.3, 0.4) is 0 Å². The van der Waals surface area contributed by atoms with Crippen molar-refractivity contribution >= 4 is 49.3 Å². The number of aromatic amines is 1. The monoisotopic (exact) mass is 1060 g/mol. The van der Waals surface area contributed by atoms with Gasteiger partial charge in [-0.25, -0.2) is 29.9 Å². The SMILES string of the molecule is O=[N+]([O-])c1ccccc1-c1ccc2ccn(-c3cccc(-c4nc(-c5ccccc5)nc(-c5ccccc5)n4)c3)c2c1.c1ccc(-c2nc(-c3ccccc3)nc(-c3cccc(-n4ccc5ccc6c7ccccc7[nH]c6c54)c3)n2)cc1. The summed E-state index contributed by atoms with van der Waals surface area (Å²) in [4.78, 5) is 44.2. The summed E-state index contributed by atoms with van der Waals surface area (Å²) in [7, 11) is 0. The number of nitro benzene ring substituents is 1. The summed E-state index contributed by atoms with van der Waals surface area (Å²) >= 11 is 0. The van der Waals surface area contributed by atoms with Crippen LogP contribution in [0.5, 0.6) is 0 Å². The molecule has 10 aromatic carbocycles. The molecule has 0 unspecified atom stereocenters. The normalized spacial score (nSPS) is 11.3. The average Bonchev–Trinajstić information content (AvgIpc) is 4.35. The molecular formula is C70H46N10O2. The van der Waals surface area contributed by atoms with Crippen molar-refractivity contribution in [1.82, 2.24) is 44.0 Å². The molecule has 0 aliphatic heterocycles. The number of para-hydroxylation sites is 2. The molecule has 0 atom stereocenters. The number of hydrogen-bond acceptors (Lipinski definition) is 8. The van der Waals surface area contributed by atoms with E-state index in [0.29, 0.717) is 40.5 Å². The molecule has 0 aliphatic carbocycles. The van der Waals surface area contributed by atoms with Gasteiger partial charge in [0.15, 0.2) is 34.9 Å². The highest BCUT2D eigenvalue weighted by molar-refractivity contribution is 6.16. The van der Waals surface area contributed by atoms with Gasteiger partial charge in [0.2, 0.25) is 0 Å². The van der Waals surface area contributed by atoms with E-state index in [-0.39, 0.29) is 10.6 Å². The fourth-order valence-corrected chi connectivity index (χ4v) is 10.6. The number of hydrogen-bond donors (Lipinski definition) is 1. The molecule has 0 radical (unpaired) electrons. The molecule has 0 spiro atoms. The number of nitrogens with one attached hydrogen (secondary N) is 1. The van der Waals surface area contributed by atoms with Crippen LogP contribution in [0.2, 0.25) is 0 Å². The number of H-pyrrole nitrogens is 1. The first-order valence-electron chi connectivity index (χ1n) is 26.8. The van der Waals surface area contributed by atoms with E-state index in [2.05, 4.69) is 93.1 Å². The molecule has 0 fully saturated rings. The van der Waals surface area contributed by atoms with Gasteiger partial charge in [0.1, 0.15) is 0 Å². The van der Waals surface area contributed by atoms with E-state index in [1.165, 1.54) is 22.2 Å². The van der Waals surface area contributed by atoms with Gasteiger partial charge in [-0.05, 0) is 65.5 Å². The predicted molar refractivity (Wildman–Crippen MR) is 327 cm³/mol. The lowest BCUT2D eigenvalue weighted by molar-refractivity contribution is -0.384. The Morgan fingerprint density at radius 1 is 0.354 bits per heavy atom. The number of fused-ring (bicyclic) bond motifs is 6. The minimum atomic E-state index is -0.343. The average molecular weight is 1060 g/mol. The van der Waals surface area contributed by atoms with Gasteiger partial charge < -0.3 is 14.1 Å². The Kier molecular flexibility index (Phi) is 12.5. The highest BCUT2D eigenvalue weighted by Gasteiger charge is 2.19. The first-order chi connectivity index (χ1) is 40.5. The third-order valence-corrected chi connectivity index (χ3v) is 14.6. The van der Waals surface area contributed by atoms with Gasteiger partial charge in [-0.15, -0.1) is 0 Å². The van der Waals surface area contributed by atoms with Crippen molar-refractivity contribution in [3.63, 3.8) is 0 Å². The van der Waals surface area contributed by atoms with E-state index >= 15 is 0 Å². The van der Waals surface area contributed by atoms with E-state index in [1.54, 1.807) is 12.1 Å². The molecule has 0 saturated heterocycles.